The van der Waals surface area contributed by atoms with Gasteiger partial charge in [0.25, 0.3) is 0 Å². The lowest BCUT2D eigenvalue weighted by Crippen LogP contribution is -1.94. The molecule has 0 N–H and O–H groups in total. The van der Waals surface area contributed by atoms with Gasteiger partial charge in [-0.25, -0.2) is 0 Å². The molecule has 50 valence electrons. The van der Waals surface area contributed by atoms with Crippen LogP contribution in [0.4, 0.5) is 0 Å². The monoisotopic (exact) mass is 132 g/mol. The fourth-order valence-electron chi connectivity index (χ4n) is 1.09. The van der Waals surface area contributed by atoms with E-state index in [0.717, 1.165) is 0 Å². The number of rotatable bonds is 0. The van der Waals surface area contributed by atoms with Gasteiger partial charge in [0.05, 0.1) is 6.26 Å². The molecule has 0 fully saturated rings. The normalized spacial score (nSPS) is 14.0. The standard InChI is InChI=1S/C9H8O/c1-2-4-9-7-10-6-5-8(9)3-1/h1-6H,7H2. The molecular weight excluding hydrogens is 124 g/mol. The van der Waals surface area contributed by atoms with E-state index in [-0.39, 0.29) is 0 Å². The molecule has 10 heavy (non-hydrogen) atoms. The van der Waals surface area contributed by atoms with E-state index in [2.05, 4.69) is 12.1 Å². The molecule has 0 atom stereocenters. The summed E-state index contributed by atoms with van der Waals surface area (Å²) in [5.74, 6) is 0. The highest BCUT2D eigenvalue weighted by Gasteiger charge is 2.00. The smallest absolute Gasteiger partial charge is 0.113 e. The van der Waals surface area contributed by atoms with Crippen LogP contribution < -0.4 is 0 Å². The molecule has 0 saturated carbocycles. The van der Waals surface area contributed by atoms with Gasteiger partial charge in [-0.2, -0.15) is 0 Å². The van der Waals surface area contributed by atoms with Crippen LogP contribution in [0.1, 0.15) is 11.1 Å². The highest BCUT2D eigenvalue weighted by molar-refractivity contribution is 5.53. The van der Waals surface area contributed by atoms with E-state index in [9.17, 15) is 0 Å². The van der Waals surface area contributed by atoms with Crippen molar-refractivity contribution in [1.29, 1.82) is 0 Å². The van der Waals surface area contributed by atoms with Crippen LogP contribution in [-0.4, -0.2) is 0 Å². The van der Waals surface area contributed by atoms with Gasteiger partial charge in [0, 0.05) is 0 Å². The minimum Gasteiger partial charge on any atom is -0.496 e. The molecule has 1 aromatic carbocycles. The zero-order valence-electron chi connectivity index (χ0n) is 5.58. The third-order valence-corrected chi connectivity index (χ3v) is 1.64. The first kappa shape index (κ1) is 5.54. The summed E-state index contributed by atoms with van der Waals surface area (Å²) in [5, 5.41) is 0. The molecular formula is C9H8O. The number of ether oxygens (including phenoxy) is 1. The van der Waals surface area contributed by atoms with Crippen LogP contribution in [0.5, 0.6) is 0 Å². The molecule has 1 heterocycles. The fraction of sp³-hybridized carbons (Fsp3) is 0.111. The Balaban J connectivity index is 2.54. The third kappa shape index (κ3) is 0.798. The van der Waals surface area contributed by atoms with Gasteiger partial charge in [0.1, 0.15) is 6.61 Å². The zero-order valence-corrected chi connectivity index (χ0v) is 5.58. The highest BCUT2D eigenvalue weighted by atomic mass is 16.5. The second-order valence-corrected chi connectivity index (χ2v) is 2.31. The van der Waals surface area contributed by atoms with Crippen molar-refractivity contribution in [2.75, 3.05) is 0 Å². The van der Waals surface area contributed by atoms with Crippen molar-refractivity contribution in [2.24, 2.45) is 0 Å². The van der Waals surface area contributed by atoms with Crippen LogP contribution in [0.15, 0.2) is 30.5 Å². The molecule has 1 aliphatic heterocycles. The summed E-state index contributed by atoms with van der Waals surface area (Å²) in [5.41, 5.74) is 2.54. The minimum absolute atomic E-state index is 0.715. The topological polar surface area (TPSA) is 9.23 Å². The number of hydrogen-bond acceptors (Lipinski definition) is 1. The Morgan fingerprint density at radius 2 is 2.10 bits per heavy atom. The Kier molecular flexibility index (Phi) is 1.21. The Morgan fingerprint density at radius 1 is 1.20 bits per heavy atom. The van der Waals surface area contributed by atoms with E-state index in [1.54, 1.807) is 6.26 Å². The molecule has 0 radical (unpaired) electrons. The third-order valence-electron chi connectivity index (χ3n) is 1.64. The first-order valence-electron chi connectivity index (χ1n) is 3.33. The largest absolute Gasteiger partial charge is 0.496 e. The molecule has 0 amide bonds. The van der Waals surface area contributed by atoms with Gasteiger partial charge in [-0.15, -0.1) is 0 Å². The van der Waals surface area contributed by atoms with Gasteiger partial charge < -0.3 is 4.74 Å². The van der Waals surface area contributed by atoms with Gasteiger partial charge in [-0.1, -0.05) is 24.3 Å². The maximum Gasteiger partial charge on any atom is 0.113 e. The fourth-order valence-corrected chi connectivity index (χ4v) is 1.09. The van der Waals surface area contributed by atoms with Crippen molar-refractivity contribution in [3.05, 3.63) is 41.7 Å². The van der Waals surface area contributed by atoms with Crippen molar-refractivity contribution in [2.45, 2.75) is 6.61 Å². The number of hydrogen-bond donors (Lipinski definition) is 0. The van der Waals surface area contributed by atoms with Gasteiger partial charge >= 0.3 is 0 Å². The van der Waals surface area contributed by atoms with Gasteiger partial charge in [-0.3, -0.25) is 0 Å². The van der Waals surface area contributed by atoms with Crippen molar-refractivity contribution in [1.82, 2.24) is 0 Å². The first-order chi connectivity index (χ1) is 4.97. The van der Waals surface area contributed by atoms with Crippen molar-refractivity contribution in [3.63, 3.8) is 0 Å². The van der Waals surface area contributed by atoms with E-state index in [0.29, 0.717) is 6.61 Å². The molecule has 1 heteroatoms. The Hall–Kier alpha value is -1.24. The summed E-state index contributed by atoms with van der Waals surface area (Å²) in [6, 6.07) is 8.24. The van der Waals surface area contributed by atoms with Crippen LogP contribution in [0, 0.1) is 0 Å². The molecule has 1 aromatic rings. The second-order valence-electron chi connectivity index (χ2n) is 2.31. The predicted octanol–water partition coefficient (Wildman–Crippen LogP) is 2.19. The number of fused-ring (bicyclic) bond motifs is 1. The molecule has 1 aliphatic rings. The van der Waals surface area contributed by atoms with Crippen LogP contribution in [0.2, 0.25) is 0 Å². The second kappa shape index (κ2) is 2.18. The van der Waals surface area contributed by atoms with Crippen LogP contribution in [0.25, 0.3) is 6.08 Å². The summed E-state index contributed by atoms with van der Waals surface area (Å²) >= 11 is 0. The lowest BCUT2D eigenvalue weighted by atomic mass is 10.1. The van der Waals surface area contributed by atoms with Crippen molar-refractivity contribution >= 4 is 6.08 Å². The molecule has 0 aromatic heterocycles. The predicted molar refractivity (Wildman–Crippen MR) is 40.3 cm³/mol. The molecule has 1 nitrogen and oxygen atoms in total. The van der Waals surface area contributed by atoms with E-state index in [1.165, 1.54) is 11.1 Å². The van der Waals surface area contributed by atoms with Crippen LogP contribution >= 0.6 is 0 Å². The molecule has 0 aliphatic carbocycles. The summed E-state index contributed by atoms with van der Waals surface area (Å²) < 4.78 is 5.12. The van der Waals surface area contributed by atoms with E-state index < -0.39 is 0 Å². The average molecular weight is 132 g/mol. The van der Waals surface area contributed by atoms with Crippen molar-refractivity contribution < 1.29 is 4.74 Å². The highest BCUT2D eigenvalue weighted by Crippen LogP contribution is 2.15. The maximum atomic E-state index is 5.12. The summed E-state index contributed by atoms with van der Waals surface area (Å²) in [6.07, 6.45) is 3.72. The summed E-state index contributed by atoms with van der Waals surface area (Å²) in [4.78, 5) is 0. The average Bonchev–Trinajstić information content (AvgIpc) is 2.05. The van der Waals surface area contributed by atoms with E-state index in [1.807, 2.05) is 18.2 Å². The number of benzene rings is 1. The van der Waals surface area contributed by atoms with Gasteiger partial charge in [-0.05, 0) is 17.2 Å². The lowest BCUT2D eigenvalue weighted by molar-refractivity contribution is 0.234. The molecule has 0 unspecified atom stereocenters. The molecule has 2 rings (SSSR count). The Labute approximate surface area is 59.9 Å². The lowest BCUT2D eigenvalue weighted by Gasteiger charge is -2.09. The van der Waals surface area contributed by atoms with Gasteiger partial charge in [0.15, 0.2) is 0 Å². The van der Waals surface area contributed by atoms with Crippen LogP contribution in [0.3, 0.4) is 0 Å². The quantitative estimate of drug-likeness (QED) is 0.525. The first-order valence-corrected chi connectivity index (χ1v) is 3.33. The zero-order chi connectivity index (χ0) is 6.81. The van der Waals surface area contributed by atoms with E-state index >= 15 is 0 Å². The van der Waals surface area contributed by atoms with Gasteiger partial charge in [0.2, 0.25) is 0 Å². The molecule has 0 spiro atoms. The Bertz CT molecular complexity index is 263. The minimum atomic E-state index is 0.715. The van der Waals surface area contributed by atoms with Crippen LogP contribution in [-0.2, 0) is 11.3 Å². The Morgan fingerprint density at radius 3 is 3.00 bits per heavy atom. The summed E-state index contributed by atoms with van der Waals surface area (Å²) in [6.45, 7) is 0.715. The van der Waals surface area contributed by atoms with Crippen molar-refractivity contribution in [3.8, 4) is 0 Å². The summed E-state index contributed by atoms with van der Waals surface area (Å²) in [7, 11) is 0. The molecule has 0 bridgehead atoms. The molecule has 0 saturated heterocycles. The van der Waals surface area contributed by atoms with E-state index in [4.69, 9.17) is 4.74 Å². The SMILES string of the molecule is C1=Cc2ccccc2CO1. The maximum absolute atomic E-state index is 5.12.